The Morgan fingerprint density at radius 1 is 1.00 bits per heavy atom. The van der Waals surface area contributed by atoms with Crippen molar-refractivity contribution >= 4 is 17.4 Å². The molecule has 0 aromatic rings. The third-order valence-electron chi connectivity index (χ3n) is 1.09. The largest absolute Gasteiger partial charge is 0.578 e. The van der Waals surface area contributed by atoms with E-state index in [0.29, 0.717) is 0 Å². The molecule has 45 valence electrons. The van der Waals surface area contributed by atoms with Gasteiger partial charge in [0.2, 0.25) is 0 Å². The first-order chi connectivity index (χ1) is 3.95. The summed E-state index contributed by atoms with van der Waals surface area (Å²) in [5, 5.41) is 0. The van der Waals surface area contributed by atoms with Crippen molar-refractivity contribution < 1.29 is 13.3 Å². The van der Waals surface area contributed by atoms with Gasteiger partial charge in [0.25, 0.3) is 0 Å². The maximum absolute atomic E-state index is 5.16. The molecule has 2 bridgehead atoms. The van der Waals surface area contributed by atoms with Crippen LogP contribution in [-0.2, 0) is 13.3 Å². The van der Waals surface area contributed by atoms with Crippen molar-refractivity contribution in [2.24, 2.45) is 0 Å². The molecule has 0 saturated carbocycles. The third-order valence-corrected chi connectivity index (χ3v) is 4.45. The molecular formula is C3H6O3PSi. The van der Waals surface area contributed by atoms with Crippen LogP contribution in [0.4, 0.5) is 0 Å². The maximum atomic E-state index is 5.16. The summed E-state index contributed by atoms with van der Waals surface area (Å²) in [5.74, 6) is 0. The summed E-state index contributed by atoms with van der Waals surface area (Å²) in [6, 6.07) is 0. The molecule has 0 aromatic carbocycles. The number of hydrogen-bond donors (Lipinski definition) is 0. The van der Waals surface area contributed by atoms with Crippen LogP contribution >= 0.6 is 7.92 Å². The van der Waals surface area contributed by atoms with Gasteiger partial charge in [-0.15, -0.1) is 0 Å². The second-order valence-corrected chi connectivity index (χ2v) is 5.22. The Hall–Kier alpha value is 0.527. The van der Waals surface area contributed by atoms with Crippen LogP contribution in [0.1, 0.15) is 0 Å². The van der Waals surface area contributed by atoms with E-state index in [0.717, 1.165) is 19.0 Å². The van der Waals surface area contributed by atoms with Gasteiger partial charge in [-0.1, -0.05) is 0 Å². The Morgan fingerprint density at radius 3 is 1.62 bits per heavy atom. The maximum Gasteiger partial charge on any atom is 0.578 e. The first kappa shape index (κ1) is 5.32. The lowest BCUT2D eigenvalue weighted by Crippen LogP contribution is -2.37. The van der Waals surface area contributed by atoms with Crippen molar-refractivity contribution in [2.45, 2.75) is 0 Å². The van der Waals surface area contributed by atoms with E-state index in [9.17, 15) is 0 Å². The SMILES string of the molecule is C1O[Si]2OCP1CO2. The first-order valence-electron chi connectivity index (χ1n) is 2.43. The smallest absolute Gasteiger partial charge is 0.367 e. The zero-order chi connectivity index (χ0) is 5.40. The second kappa shape index (κ2) is 2.04. The van der Waals surface area contributed by atoms with E-state index in [1.807, 2.05) is 0 Å². The predicted molar refractivity (Wildman–Crippen MR) is 30.5 cm³/mol. The van der Waals surface area contributed by atoms with Crippen LogP contribution in [0.3, 0.4) is 0 Å². The Kier molecular flexibility index (Phi) is 1.36. The predicted octanol–water partition coefficient (Wildman–Crippen LogP) is 0.403. The normalized spacial score (nSPS) is 31.5. The van der Waals surface area contributed by atoms with Gasteiger partial charge >= 0.3 is 9.53 Å². The highest BCUT2D eigenvalue weighted by Gasteiger charge is 2.34. The summed E-state index contributed by atoms with van der Waals surface area (Å²) in [7, 11) is -1.25. The number of rotatable bonds is 0. The standard InChI is InChI=1S/C3H6O3PSi/c1-4-8-5-2-7(1)3-6-8/h1-3H2. The molecular weight excluding hydrogens is 143 g/mol. The summed E-state index contributed by atoms with van der Waals surface area (Å²) in [6.45, 7) is 0. The molecule has 0 unspecified atom stereocenters. The van der Waals surface area contributed by atoms with Crippen LogP contribution < -0.4 is 0 Å². The summed E-state index contributed by atoms with van der Waals surface area (Å²) in [4.78, 5) is 0. The van der Waals surface area contributed by atoms with Crippen LogP contribution in [0.25, 0.3) is 0 Å². The van der Waals surface area contributed by atoms with Crippen molar-refractivity contribution in [2.75, 3.05) is 19.0 Å². The van der Waals surface area contributed by atoms with Crippen LogP contribution in [-0.4, -0.2) is 28.6 Å². The first-order valence-corrected chi connectivity index (χ1v) is 5.55. The molecule has 0 aromatic heterocycles. The van der Waals surface area contributed by atoms with Crippen molar-refractivity contribution in [1.82, 2.24) is 0 Å². The fourth-order valence-electron chi connectivity index (χ4n) is 0.669. The van der Waals surface area contributed by atoms with E-state index >= 15 is 0 Å². The Bertz CT molecular complexity index is 69.5. The summed E-state index contributed by atoms with van der Waals surface area (Å²) < 4.78 is 15.5. The molecule has 3 saturated heterocycles. The van der Waals surface area contributed by atoms with Crippen LogP contribution in [0.2, 0.25) is 0 Å². The minimum atomic E-state index is -1.21. The highest BCUT2D eigenvalue weighted by Crippen LogP contribution is 2.43. The van der Waals surface area contributed by atoms with Crippen LogP contribution in [0, 0.1) is 0 Å². The molecule has 1 radical (unpaired) electrons. The lowest BCUT2D eigenvalue weighted by atomic mass is 11.6. The van der Waals surface area contributed by atoms with Gasteiger partial charge in [0.05, 0.1) is 19.0 Å². The minimum absolute atomic E-state index is 0.0448. The molecule has 8 heavy (non-hydrogen) atoms. The van der Waals surface area contributed by atoms with E-state index in [-0.39, 0.29) is 7.92 Å². The molecule has 5 heteroatoms. The fourth-order valence-corrected chi connectivity index (χ4v) is 4.60. The molecule has 0 spiro atoms. The molecule has 3 aliphatic heterocycles. The molecule has 0 amide bonds. The Morgan fingerprint density at radius 2 is 1.50 bits per heavy atom. The zero-order valence-corrected chi connectivity index (χ0v) is 6.19. The highest BCUT2D eigenvalue weighted by molar-refractivity contribution is 7.57. The molecule has 3 aliphatic rings. The Labute approximate surface area is 50.6 Å². The van der Waals surface area contributed by atoms with Gasteiger partial charge in [-0.25, -0.2) is 0 Å². The van der Waals surface area contributed by atoms with Crippen molar-refractivity contribution in [3.63, 3.8) is 0 Å². The van der Waals surface area contributed by atoms with Gasteiger partial charge in [0, 0.05) is 0 Å². The minimum Gasteiger partial charge on any atom is -0.367 e. The molecule has 3 fully saturated rings. The van der Waals surface area contributed by atoms with E-state index in [4.69, 9.17) is 13.3 Å². The quantitative estimate of drug-likeness (QED) is 0.368. The van der Waals surface area contributed by atoms with Gasteiger partial charge in [0.1, 0.15) is 0 Å². The second-order valence-electron chi connectivity index (χ2n) is 1.74. The summed E-state index contributed by atoms with van der Waals surface area (Å²) in [5.41, 5.74) is 0. The van der Waals surface area contributed by atoms with E-state index in [2.05, 4.69) is 0 Å². The molecule has 3 rings (SSSR count). The monoisotopic (exact) mass is 149 g/mol. The zero-order valence-electron chi connectivity index (χ0n) is 4.29. The summed E-state index contributed by atoms with van der Waals surface area (Å²) in [6.07, 6.45) is 2.76. The molecule has 0 N–H and O–H groups in total. The average Bonchev–Trinajstić information content (AvgIpc) is 1.92. The van der Waals surface area contributed by atoms with Gasteiger partial charge in [0.15, 0.2) is 0 Å². The van der Waals surface area contributed by atoms with Crippen molar-refractivity contribution in [3.05, 3.63) is 0 Å². The van der Waals surface area contributed by atoms with E-state index in [1.165, 1.54) is 0 Å². The third kappa shape index (κ3) is 0.827. The highest BCUT2D eigenvalue weighted by atomic mass is 31.1. The Balaban J connectivity index is 2.03. The van der Waals surface area contributed by atoms with Gasteiger partial charge in [-0.3, -0.25) is 0 Å². The van der Waals surface area contributed by atoms with Crippen LogP contribution in [0.5, 0.6) is 0 Å². The molecule has 3 nitrogen and oxygen atoms in total. The van der Waals surface area contributed by atoms with Crippen LogP contribution in [0.15, 0.2) is 0 Å². The van der Waals surface area contributed by atoms with Crippen molar-refractivity contribution in [1.29, 1.82) is 0 Å². The van der Waals surface area contributed by atoms with Gasteiger partial charge < -0.3 is 13.3 Å². The number of hydrogen-bond acceptors (Lipinski definition) is 3. The molecule has 3 heterocycles. The average molecular weight is 149 g/mol. The molecule has 0 atom stereocenters. The van der Waals surface area contributed by atoms with Gasteiger partial charge in [-0.05, 0) is 7.92 Å². The molecule has 0 aliphatic carbocycles. The lowest BCUT2D eigenvalue weighted by molar-refractivity contribution is 0.103. The van der Waals surface area contributed by atoms with E-state index < -0.39 is 9.53 Å². The summed E-state index contributed by atoms with van der Waals surface area (Å²) >= 11 is 0. The fraction of sp³-hybridized carbons (Fsp3) is 1.00. The van der Waals surface area contributed by atoms with Crippen molar-refractivity contribution in [3.8, 4) is 0 Å². The van der Waals surface area contributed by atoms with E-state index in [1.54, 1.807) is 0 Å². The van der Waals surface area contributed by atoms with Gasteiger partial charge in [-0.2, -0.15) is 0 Å². The lowest BCUT2D eigenvalue weighted by Gasteiger charge is -2.32. The topological polar surface area (TPSA) is 27.7 Å². The number of fused-ring (bicyclic) bond motifs is 3.